The van der Waals surface area contributed by atoms with E-state index >= 15 is 0 Å². The molecule has 104 valence electrons. The monoisotopic (exact) mass is 270 g/mol. The Balaban J connectivity index is 2.35. The van der Waals surface area contributed by atoms with Gasteiger partial charge in [0.15, 0.2) is 0 Å². The Kier molecular flexibility index (Phi) is 4.03. The van der Waals surface area contributed by atoms with Crippen molar-refractivity contribution in [1.29, 1.82) is 0 Å². The fourth-order valence-corrected chi connectivity index (χ4v) is 2.18. The Labute approximate surface area is 118 Å². The predicted octanol–water partition coefficient (Wildman–Crippen LogP) is 3.50. The van der Waals surface area contributed by atoms with Crippen molar-refractivity contribution in [2.24, 2.45) is 7.05 Å². The maximum atomic E-state index is 11.2. The highest BCUT2D eigenvalue weighted by Crippen LogP contribution is 2.19. The highest BCUT2D eigenvalue weighted by molar-refractivity contribution is 5.55. The lowest BCUT2D eigenvalue weighted by atomic mass is 10.1. The molecule has 0 atom stereocenters. The molecule has 1 aromatic heterocycles. The number of nitrogens with zero attached hydrogens (tertiary/aromatic N) is 2. The van der Waals surface area contributed by atoms with Crippen LogP contribution in [0, 0.1) is 24.0 Å². The minimum atomic E-state index is -0.297. The maximum absolute atomic E-state index is 11.2. The summed E-state index contributed by atoms with van der Waals surface area (Å²) < 4.78 is 2.03. The molecule has 0 amide bonds. The van der Waals surface area contributed by atoms with Crippen LogP contribution in [0.1, 0.15) is 22.5 Å². The predicted molar refractivity (Wildman–Crippen MR) is 80.0 cm³/mol. The van der Waals surface area contributed by atoms with Gasteiger partial charge in [-0.3, -0.25) is 10.1 Å². The van der Waals surface area contributed by atoms with Crippen molar-refractivity contribution in [1.82, 2.24) is 4.57 Å². The van der Waals surface area contributed by atoms with Crippen molar-refractivity contribution in [3.63, 3.8) is 0 Å². The molecule has 4 heteroatoms. The third kappa shape index (κ3) is 2.96. The smallest absolute Gasteiger partial charge is 0.251 e. The van der Waals surface area contributed by atoms with E-state index in [1.165, 1.54) is 0 Å². The number of rotatable bonds is 4. The van der Waals surface area contributed by atoms with Crippen LogP contribution in [-0.2, 0) is 13.5 Å². The van der Waals surface area contributed by atoms with Crippen LogP contribution >= 0.6 is 0 Å². The Bertz CT molecular complexity index is 655. The second-order valence-corrected chi connectivity index (χ2v) is 4.94. The van der Waals surface area contributed by atoms with Crippen LogP contribution in [-0.4, -0.2) is 9.49 Å². The molecule has 0 saturated heterocycles. The first-order valence-corrected chi connectivity index (χ1v) is 6.51. The van der Waals surface area contributed by atoms with Gasteiger partial charge in [-0.2, -0.15) is 0 Å². The second kappa shape index (κ2) is 5.74. The zero-order chi connectivity index (χ0) is 14.7. The SMILES string of the molecule is Cc1cc(C=C(Cc2ccccc2)[N+](=O)[O-])c(C)n1C. The van der Waals surface area contributed by atoms with Gasteiger partial charge in [-0.1, -0.05) is 30.3 Å². The average molecular weight is 270 g/mol. The van der Waals surface area contributed by atoms with Crippen LogP contribution in [0.25, 0.3) is 6.08 Å². The van der Waals surface area contributed by atoms with Crippen LogP contribution in [0.4, 0.5) is 0 Å². The average Bonchev–Trinajstić information content (AvgIpc) is 2.67. The molecule has 0 spiro atoms. The van der Waals surface area contributed by atoms with Gasteiger partial charge in [0.05, 0.1) is 11.3 Å². The van der Waals surface area contributed by atoms with Crippen molar-refractivity contribution in [2.45, 2.75) is 20.3 Å². The number of nitro groups is 1. The molecule has 4 nitrogen and oxygen atoms in total. The third-order valence-electron chi connectivity index (χ3n) is 3.60. The van der Waals surface area contributed by atoms with E-state index in [1.807, 2.05) is 61.9 Å². The van der Waals surface area contributed by atoms with E-state index in [2.05, 4.69) is 0 Å². The lowest BCUT2D eigenvalue weighted by Crippen LogP contribution is -2.02. The van der Waals surface area contributed by atoms with Gasteiger partial charge in [0, 0.05) is 30.1 Å². The zero-order valence-corrected chi connectivity index (χ0v) is 12.0. The molecule has 0 unspecified atom stereocenters. The minimum absolute atomic E-state index is 0.213. The molecule has 1 heterocycles. The highest BCUT2D eigenvalue weighted by Gasteiger charge is 2.14. The lowest BCUT2D eigenvalue weighted by molar-refractivity contribution is -0.425. The van der Waals surface area contributed by atoms with E-state index < -0.39 is 0 Å². The van der Waals surface area contributed by atoms with Gasteiger partial charge in [0.2, 0.25) is 0 Å². The molecule has 0 aliphatic rings. The number of aromatic nitrogens is 1. The molecule has 2 rings (SSSR count). The summed E-state index contributed by atoms with van der Waals surface area (Å²) in [7, 11) is 1.96. The first kappa shape index (κ1) is 14.1. The number of aryl methyl sites for hydroxylation is 1. The molecule has 0 saturated carbocycles. The van der Waals surface area contributed by atoms with Gasteiger partial charge in [-0.25, -0.2) is 0 Å². The first-order valence-electron chi connectivity index (χ1n) is 6.51. The minimum Gasteiger partial charge on any atom is -0.352 e. The summed E-state index contributed by atoms with van der Waals surface area (Å²) in [4.78, 5) is 10.9. The van der Waals surface area contributed by atoms with Gasteiger partial charge in [-0.05, 0) is 25.5 Å². The molecule has 0 aliphatic heterocycles. The Hall–Kier alpha value is -2.36. The molecule has 20 heavy (non-hydrogen) atoms. The largest absolute Gasteiger partial charge is 0.352 e. The van der Waals surface area contributed by atoms with Crippen LogP contribution in [0.3, 0.4) is 0 Å². The summed E-state index contributed by atoms with van der Waals surface area (Å²) in [6.07, 6.45) is 2.01. The van der Waals surface area contributed by atoms with Gasteiger partial charge in [-0.15, -0.1) is 0 Å². The Morgan fingerprint density at radius 2 is 1.95 bits per heavy atom. The van der Waals surface area contributed by atoms with Gasteiger partial charge < -0.3 is 4.57 Å². The standard InChI is InChI=1S/C16H18N2O2/c1-12-9-15(13(2)17(12)3)11-16(18(19)20)10-14-7-5-4-6-8-14/h4-9,11H,10H2,1-3H3. The summed E-state index contributed by atoms with van der Waals surface area (Å²) in [5.74, 6) is 0. The maximum Gasteiger partial charge on any atom is 0.251 e. The Morgan fingerprint density at radius 3 is 2.45 bits per heavy atom. The van der Waals surface area contributed by atoms with Crippen LogP contribution in [0.15, 0.2) is 42.1 Å². The third-order valence-corrected chi connectivity index (χ3v) is 3.60. The number of allylic oxidation sites excluding steroid dienone is 1. The molecule has 0 radical (unpaired) electrons. The van der Waals surface area contributed by atoms with Gasteiger partial charge in [0.1, 0.15) is 0 Å². The fourth-order valence-electron chi connectivity index (χ4n) is 2.18. The van der Waals surface area contributed by atoms with Crippen LogP contribution in [0.2, 0.25) is 0 Å². The molecule has 0 N–H and O–H groups in total. The van der Waals surface area contributed by atoms with Crippen molar-refractivity contribution < 1.29 is 4.92 Å². The van der Waals surface area contributed by atoms with Crippen LogP contribution < -0.4 is 0 Å². The molecule has 0 fully saturated rings. The van der Waals surface area contributed by atoms with Crippen LogP contribution in [0.5, 0.6) is 0 Å². The zero-order valence-electron chi connectivity index (χ0n) is 12.0. The molecular weight excluding hydrogens is 252 g/mol. The normalized spacial score (nSPS) is 11.7. The summed E-state index contributed by atoms with van der Waals surface area (Å²) in [5, 5.41) is 11.2. The fraction of sp³-hybridized carbons (Fsp3) is 0.250. The second-order valence-electron chi connectivity index (χ2n) is 4.94. The van der Waals surface area contributed by atoms with Crippen molar-refractivity contribution in [2.75, 3.05) is 0 Å². The topological polar surface area (TPSA) is 48.1 Å². The number of hydrogen-bond acceptors (Lipinski definition) is 2. The summed E-state index contributed by atoms with van der Waals surface area (Å²) in [6.45, 7) is 3.96. The van der Waals surface area contributed by atoms with E-state index in [9.17, 15) is 10.1 Å². The lowest BCUT2D eigenvalue weighted by Gasteiger charge is -2.01. The van der Waals surface area contributed by atoms with E-state index in [0.29, 0.717) is 6.42 Å². The van der Waals surface area contributed by atoms with Gasteiger partial charge in [0.25, 0.3) is 5.70 Å². The van der Waals surface area contributed by atoms with Crippen molar-refractivity contribution in [3.05, 3.63) is 74.7 Å². The molecular formula is C16H18N2O2. The van der Waals surface area contributed by atoms with E-state index in [1.54, 1.807) is 6.08 Å². The Morgan fingerprint density at radius 1 is 1.30 bits per heavy atom. The summed E-state index contributed by atoms with van der Waals surface area (Å²) in [6, 6.07) is 11.5. The van der Waals surface area contributed by atoms with E-state index in [4.69, 9.17) is 0 Å². The summed E-state index contributed by atoms with van der Waals surface area (Å²) in [5.41, 5.74) is 4.20. The van der Waals surface area contributed by atoms with E-state index in [0.717, 1.165) is 22.5 Å². The molecule has 0 aliphatic carbocycles. The summed E-state index contributed by atoms with van der Waals surface area (Å²) >= 11 is 0. The van der Waals surface area contributed by atoms with Gasteiger partial charge >= 0.3 is 0 Å². The van der Waals surface area contributed by atoms with Crippen molar-refractivity contribution >= 4 is 6.08 Å². The molecule has 0 bridgehead atoms. The van der Waals surface area contributed by atoms with Crippen molar-refractivity contribution in [3.8, 4) is 0 Å². The molecule has 2 aromatic rings. The quantitative estimate of drug-likeness (QED) is 0.630. The number of benzene rings is 1. The molecule has 1 aromatic carbocycles. The first-order chi connectivity index (χ1) is 9.49. The number of hydrogen-bond donors (Lipinski definition) is 0. The van der Waals surface area contributed by atoms with E-state index in [-0.39, 0.29) is 10.6 Å². The highest BCUT2D eigenvalue weighted by atomic mass is 16.6.